The molecule has 0 radical (unpaired) electrons. The summed E-state index contributed by atoms with van der Waals surface area (Å²) in [7, 11) is 0. The highest BCUT2D eigenvalue weighted by atomic mass is 127. The van der Waals surface area contributed by atoms with Gasteiger partial charge in [-0.1, -0.05) is 43.5 Å². The molecule has 0 saturated heterocycles. The summed E-state index contributed by atoms with van der Waals surface area (Å²) < 4.78 is 0. The SMILES string of the molecule is Cc1ccccc1C1(CN=C(N)NC2CCCCC2)CC1.I. The molecule has 0 unspecified atom stereocenters. The van der Waals surface area contributed by atoms with Crippen LogP contribution < -0.4 is 11.1 Å². The Bertz CT molecular complexity index is 517. The van der Waals surface area contributed by atoms with Gasteiger partial charge in [-0.05, 0) is 43.7 Å². The first-order valence-corrected chi connectivity index (χ1v) is 8.32. The molecule has 22 heavy (non-hydrogen) atoms. The summed E-state index contributed by atoms with van der Waals surface area (Å²) in [6.45, 7) is 3.02. The lowest BCUT2D eigenvalue weighted by Crippen LogP contribution is -2.41. The molecule has 122 valence electrons. The van der Waals surface area contributed by atoms with Crippen LogP contribution in [0.3, 0.4) is 0 Å². The van der Waals surface area contributed by atoms with Crippen molar-refractivity contribution in [1.29, 1.82) is 0 Å². The first kappa shape index (κ1) is 17.6. The summed E-state index contributed by atoms with van der Waals surface area (Å²) in [6.07, 6.45) is 8.94. The Morgan fingerprint density at radius 3 is 2.55 bits per heavy atom. The van der Waals surface area contributed by atoms with Gasteiger partial charge in [-0.2, -0.15) is 0 Å². The van der Waals surface area contributed by atoms with Crippen molar-refractivity contribution in [2.45, 2.75) is 63.3 Å². The average Bonchev–Trinajstić information content (AvgIpc) is 3.28. The molecule has 3 rings (SSSR count). The number of aliphatic imine (C=N–C) groups is 1. The topological polar surface area (TPSA) is 50.4 Å². The zero-order valence-electron chi connectivity index (χ0n) is 13.5. The molecule has 3 N–H and O–H groups in total. The summed E-state index contributed by atoms with van der Waals surface area (Å²) in [5.41, 5.74) is 9.19. The molecule has 0 aliphatic heterocycles. The van der Waals surface area contributed by atoms with E-state index in [9.17, 15) is 0 Å². The van der Waals surface area contributed by atoms with Crippen molar-refractivity contribution >= 4 is 29.9 Å². The summed E-state index contributed by atoms with van der Waals surface area (Å²) in [5.74, 6) is 0.641. The fraction of sp³-hybridized carbons (Fsp3) is 0.611. The van der Waals surface area contributed by atoms with Crippen LogP contribution in [-0.4, -0.2) is 18.5 Å². The van der Waals surface area contributed by atoms with Crippen molar-refractivity contribution in [3.8, 4) is 0 Å². The highest BCUT2D eigenvalue weighted by Crippen LogP contribution is 2.49. The van der Waals surface area contributed by atoms with Gasteiger partial charge in [0.25, 0.3) is 0 Å². The Labute approximate surface area is 151 Å². The lowest BCUT2D eigenvalue weighted by atomic mass is 9.92. The Morgan fingerprint density at radius 2 is 1.91 bits per heavy atom. The van der Waals surface area contributed by atoms with E-state index in [1.54, 1.807) is 0 Å². The smallest absolute Gasteiger partial charge is 0.188 e. The molecule has 2 aliphatic rings. The number of rotatable bonds is 4. The van der Waals surface area contributed by atoms with E-state index in [1.165, 1.54) is 56.1 Å². The van der Waals surface area contributed by atoms with Gasteiger partial charge in [0.05, 0.1) is 6.54 Å². The number of aryl methyl sites for hydroxylation is 1. The quantitative estimate of drug-likeness (QED) is 0.447. The first-order valence-electron chi connectivity index (χ1n) is 8.32. The minimum absolute atomic E-state index is 0. The van der Waals surface area contributed by atoms with E-state index in [2.05, 4.69) is 41.5 Å². The van der Waals surface area contributed by atoms with Crippen LogP contribution in [0.4, 0.5) is 0 Å². The van der Waals surface area contributed by atoms with Crippen LogP contribution in [0.5, 0.6) is 0 Å². The van der Waals surface area contributed by atoms with Crippen LogP contribution >= 0.6 is 24.0 Å². The zero-order chi connectivity index (χ0) is 14.7. The molecule has 0 amide bonds. The maximum Gasteiger partial charge on any atom is 0.188 e. The van der Waals surface area contributed by atoms with E-state index in [1.807, 2.05) is 0 Å². The van der Waals surface area contributed by atoms with Crippen molar-refractivity contribution in [1.82, 2.24) is 5.32 Å². The van der Waals surface area contributed by atoms with Gasteiger partial charge in [-0.15, -0.1) is 24.0 Å². The van der Waals surface area contributed by atoms with Crippen molar-refractivity contribution < 1.29 is 0 Å². The predicted octanol–water partition coefficient (Wildman–Crippen LogP) is 3.88. The molecule has 0 atom stereocenters. The molecule has 2 fully saturated rings. The molecular weight excluding hydrogens is 385 g/mol. The Hall–Kier alpha value is -0.780. The van der Waals surface area contributed by atoms with E-state index in [-0.39, 0.29) is 29.4 Å². The van der Waals surface area contributed by atoms with E-state index in [0.717, 1.165) is 6.54 Å². The summed E-state index contributed by atoms with van der Waals surface area (Å²) in [5, 5.41) is 3.41. The largest absolute Gasteiger partial charge is 0.370 e. The number of nitrogens with one attached hydrogen (secondary N) is 1. The Morgan fingerprint density at radius 1 is 1.23 bits per heavy atom. The maximum atomic E-state index is 6.09. The minimum atomic E-state index is 0. The second kappa shape index (κ2) is 7.66. The average molecular weight is 413 g/mol. The van der Waals surface area contributed by atoms with Gasteiger partial charge >= 0.3 is 0 Å². The number of halogens is 1. The highest BCUT2D eigenvalue weighted by molar-refractivity contribution is 14.0. The number of hydrogen-bond donors (Lipinski definition) is 2. The van der Waals surface area contributed by atoms with Crippen molar-refractivity contribution in [2.24, 2.45) is 10.7 Å². The van der Waals surface area contributed by atoms with Gasteiger partial charge in [0.1, 0.15) is 0 Å². The number of benzene rings is 1. The molecule has 4 heteroatoms. The third-order valence-corrected chi connectivity index (χ3v) is 5.08. The predicted molar refractivity (Wildman–Crippen MR) is 104 cm³/mol. The van der Waals surface area contributed by atoms with Gasteiger partial charge in [0.2, 0.25) is 0 Å². The van der Waals surface area contributed by atoms with Gasteiger partial charge in [-0.3, -0.25) is 4.99 Å². The lowest BCUT2D eigenvalue weighted by molar-refractivity contribution is 0.412. The van der Waals surface area contributed by atoms with Gasteiger partial charge in [0.15, 0.2) is 5.96 Å². The van der Waals surface area contributed by atoms with Crippen LogP contribution in [0.25, 0.3) is 0 Å². The van der Waals surface area contributed by atoms with E-state index in [4.69, 9.17) is 5.73 Å². The highest BCUT2D eigenvalue weighted by Gasteiger charge is 2.44. The molecule has 0 heterocycles. The van der Waals surface area contributed by atoms with Crippen LogP contribution in [0.15, 0.2) is 29.3 Å². The van der Waals surface area contributed by atoms with Crippen LogP contribution in [-0.2, 0) is 5.41 Å². The third-order valence-electron chi connectivity index (χ3n) is 5.08. The summed E-state index contributed by atoms with van der Waals surface area (Å²) in [4.78, 5) is 4.65. The number of nitrogens with two attached hydrogens (primary N) is 1. The fourth-order valence-corrected chi connectivity index (χ4v) is 3.57. The maximum absolute atomic E-state index is 6.09. The van der Waals surface area contributed by atoms with Crippen molar-refractivity contribution in [3.05, 3.63) is 35.4 Å². The summed E-state index contributed by atoms with van der Waals surface area (Å²) in [6, 6.07) is 9.23. The summed E-state index contributed by atoms with van der Waals surface area (Å²) >= 11 is 0. The molecule has 0 spiro atoms. The fourth-order valence-electron chi connectivity index (χ4n) is 3.57. The molecule has 1 aromatic rings. The van der Waals surface area contributed by atoms with Crippen LogP contribution in [0.1, 0.15) is 56.1 Å². The Kier molecular flexibility index (Phi) is 6.12. The standard InChI is InChI=1S/C18H27N3.HI/c1-14-7-5-6-10-16(14)18(11-12-18)13-20-17(19)21-15-8-3-2-4-9-15;/h5-7,10,15H,2-4,8-9,11-13H2,1H3,(H3,19,20,21);1H. The number of hydrogen-bond acceptors (Lipinski definition) is 1. The third kappa shape index (κ3) is 4.15. The zero-order valence-corrected chi connectivity index (χ0v) is 15.8. The van der Waals surface area contributed by atoms with Gasteiger partial charge in [0, 0.05) is 11.5 Å². The van der Waals surface area contributed by atoms with Gasteiger partial charge < -0.3 is 11.1 Å². The lowest BCUT2D eigenvalue weighted by Gasteiger charge is -2.23. The van der Waals surface area contributed by atoms with Crippen molar-refractivity contribution in [2.75, 3.05) is 6.54 Å². The first-order chi connectivity index (χ1) is 10.2. The minimum Gasteiger partial charge on any atom is -0.370 e. The number of nitrogens with zero attached hydrogens (tertiary/aromatic N) is 1. The van der Waals surface area contributed by atoms with Crippen molar-refractivity contribution in [3.63, 3.8) is 0 Å². The molecule has 0 aromatic heterocycles. The Balaban J connectivity index is 0.00000176. The molecular formula is C18H28IN3. The monoisotopic (exact) mass is 413 g/mol. The van der Waals surface area contributed by atoms with E-state index in [0.29, 0.717) is 12.0 Å². The van der Waals surface area contributed by atoms with Gasteiger partial charge in [-0.25, -0.2) is 0 Å². The molecule has 3 nitrogen and oxygen atoms in total. The molecule has 1 aromatic carbocycles. The van der Waals surface area contributed by atoms with Crippen LogP contribution in [0.2, 0.25) is 0 Å². The second-order valence-electron chi connectivity index (χ2n) is 6.78. The van der Waals surface area contributed by atoms with Crippen LogP contribution in [0, 0.1) is 6.92 Å². The second-order valence-corrected chi connectivity index (χ2v) is 6.78. The number of guanidine groups is 1. The molecule has 0 bridgehead atoms. The molecule has 2 aliphatic carbocycles. The normalized spacial score (nSPS) is 21.0. The van der Waals surface area contributed by atoms with E-state index >= 15 is 0 Å². The van der Waals surface area contributed by atoms with E-state index < -0.39 is 0 Å². The molecule has 2 saturated carbocycles.